The van der Waals surface area contributed by atoms with Crippen molar-refractivity contribution in [2.45, 2.75) is 62.6 Å². The van der Waals surface area contributed by atoms with Crippen LogP contribution in [0.4, 0.5) is 5.69 Å². The van der Waals surface area contributed by atoms with E-state index in [2.05, 4.69) is 22.4 Å². The molecule has 2 heterocycles. The van der Waals surface area contributed by atoms with Gasteiger partial charge in [-0.1, -0.05) is 66.4 Å². The molecular weight excluding hydrogens is 526 g/mol. The van der Waals surface area contributed by atoms with Crippen LogP contribution in [-0.2, 0) is 25.7 Å². The molecule has 1 aliphatic rings. The molecule has 1 aliphatic heterocycles. The minimum Gasteiger partial charge on any atom is -0.481 e. The summed E-state index contributed by atoms with van der Waals surface area (Å²) < 4.78 is 13.8. The molecule has 38 heavy (non-hydrogen) atoms. The van der Waals surface area contributed by atoms with Crippen molar-refractivity contribution in [3.8, 4) is 0 Å². The molecule has 0 unspecified atom stereocenters. The van der Waals surface area contributed by atoms with Crippen LogP contribution in [0.25, 0.3) is 0 Å². The highest BCUT2D eigenvalue weighted by Crippen LogP contribution is 2.43. The van der Waals surface area contributed by atoms with Crippen LogP contribution in [0.1, 0.15) is 60.3 Å². The van der Waals surface area contributed by atoms with Crippen molar-refractivity contribution in [3.05, 3.63) is 70.2 Å². The molecule has 0 radical (unpaired) electrons. The zero-order valence-corrected chi connectivity index (χ0v) is 22.8. The molecule has 0 bridgehead atoms. The average molecular weight is 558 g/mol. The summed E-state index contributed by atoms with van der Waals surface area (Å²) in [5.74, 6) is -0.466. The van der Waals surface area contributed by atoms with Crippen molar-refractivity contribution in [2.24, 2.45) is 5.92 Å². The van der Waals surface area contributed by atoms with E-state index >= 15 is 0 Å². The number of aliphatic hydroxyl groups excluding tert-OH is 1. The number of ether oxygens (including phenoxy) is 2. The van der Waals surface area contributed by atoms with Gasteiger partial charge in [0, 0.05) is 35.8 Å². The van der Waals surface area contributed by atoms with Gasteiger partial charge < -0.3 is 25.0 Å². The van der Waals surface area contributed by atoms with Gasteiger partial charge >= 0.3 is 5.97 Å². The minimum atomic E-state index is -0.921. The van der Waals surface area contributed by atoms with E-state index in [1.807, 2.05) is 49.4 Å². The van der Waals surface area contributed by atoms with Crippen molar-refractivity contribution < 1.29 is 29.3 Å². The number of anilines is 1. The molecule has 3 aromatic rings. The summed E-state index contributed by atoms with van der Waals surface area (Å²) in [4.78, 5) is 23.0. The number of aliphatic hydroxyl groups is 1. The molecule has 4 atom stereocenters. The normalized spacial score (nSPS) is 21.2. The zero-order chi connectivity index (χ0) is 27.1. The summed E-state index contributed by atoms with van der Waals surface area (Å²) >= 11 is 3.15. The third-order valence-electron chi connectivity index (χ3n) is 6.24. The fourth-order valence-electron chi connectivity index (χ4n) is 4.19. The summed E-state index contributed by atoms with van der Waals surface area (Å²) in [5.41, 5.74) is 3.18. The van der Waals surface area contributed by atoms with E-state index < -0.39 is 12.3 Å². The predicted octanol–water partition coefficient (Wildman–Crippen LogP) is 5.12. The van der Waals surface area contributed by atoms with Gasteiger partial charge in [-0.25, -0.2) is 0 Å². The van der Waals surface area contributed by atoms with Crippen molar-refractivity contribution >= 4 is 40.7 Å². The Balaban J connectivity index is 1.52. The molecule has 4 rings (SSSR count). The first kappa shape index (κ1) is 28.2. The fraction of sp³-hybridized carbons (Fsp3) is 0.407. The second-order valence-corrected chi connectivity index (χ2v) is 11.6. The number of carboxylic acid groups (broad SMARTS) is 1. The van der Waals surface area contributed by atoms with Gasteiger partial charge in [0.2, 0.25) is 5.91 Å². The highest BCUT2D eigenvalue weighted by molar-refractivity contribution is 8.01. The number of carbonyl (C=O) groups is 2. The third-order valence-corrected chi connectivity index (χ3v) is 8.30. The quantitative estimate of drug-likeness (QED) is 0.275. The molecule has 1 amide bonds. The van der Waals surface area contributed by atoms with Gasteiger partial charge in [-0.05, 0) is 36.6 Å². The lowest BCUT2D eigenvalue weighted by atomic mass is 9.91. The van der Waals surface area contributed by atoms with Crippen LogP contribution in [0.3, 0.4) is 0 Å². The van der Waals surface area contributed by atoms with Crippen molar-refractivity contribution in [2.75, 3.05) is 11.1 Å². The molecule has 202 valence electrons. The molecule has 0 spiro atoms. The second kappa shape index (κ2) is 13.3. The summed E-state index contributed by atoms with van der Waals surface area (Å²) in [6, 6.07) is 15.0. The molecule has 1 fully saturated rings. The smallest absolute Gasteiger partial charge is 0.303 e. The Morgan fingerprint density at radius 2 is 1.87 bits per heavy atom. The number of aryl methyl sites for hydroxylation is 1. The van der Waals surface area contributed by atoms with Crippen LogP contribution in [0, 0.1) is 12.8 Å². The number of hydrogen-bond acceptors (Lipinski definition) is 9. The first-order valence-corrected chi connectivity index (χ1v) is 14.2. The number of benzene rings is 2. The molecule has 1 aromatic heterocycles. The highest BCUT2D eigenvalue weighted by Gasteiger charge is 2.38. The van der Waals surface area contributed by atoms with Crippen LogP contribution in [0.15, 0.2) is 52.9 Å². The highest BCUT2D eigenvalue weighted by atomic mass is 32.2. The lowest BCUT2D eigenvalue weighted by Crippen LogP contribution is -2.38. The van der Waals surface area contributed by atoms with E-state index in [-0.39, 0.29) is 49.9 Å². The summed E-state index contributed by atoms with van der Waals surface area (Å²) in [6.45, 7) is 4.00. The van der Waals surface area contributed by atoms with Crippen molar-refractivity contribution in [3.63, 3.8) is 0 Å². The molecule has 1 saturated heterocycles. The molecular formula is C27H31N3O6S2. The van der Waals surface area contributed by atoms with Crippen LogP contribution in [0.2, 0.25) is 0 Å². The van der Waals surface area contributed by atoms with Crippen LogP contribution < -0.4 is 5.32 Å². The van der Waals surface area contributed by atoms with E-state index in [9.17, 15) is 14.7 Å². The molecule has 11 heteroatoms. The van der Waals surface area contributed by atoms with Crippen molar-refractivity contribution in [1.29, 1.82) is 0 Å². The Morgan fingerprint density at radius 1 is 1.08 bits per heavy atom. The Labute approximate surface area is 229 Å². The van der Waals surface area contributed by atoms with Gasteiger partial charge in [0.1, 0.15) is 5.01 Å². The minimum absolute atomic E-state index is 0.0254. The number of aromatic nitrogens is 2. The first-order chi connectivity index (χ1) is 18.3. The summed E-state index contributed by atoms with van der Waals surface area (Å²) in [7, 11) is 0. The molecule has 3 N–H and O–H groups in total. The van der Waals surface area contributed by atoms with E-state index in [0.717, 1.165) is 26.0 Å². The number of amides is 1. The van der Waals surface area contributed by atoms with Crippen LogP contribution in [0.5, 0.6) is 0 Å². The van der Waals surface area contributed by atoms with E-state index in [1.165, 1.54) is 0 Å². The zero-order valence-electron chi connectivity index (χ0n) is 21.2. The molecule has 2 aromatic carbocycles. The van der Waals surface area contributed by atoms with E-state index in [0.29, 0.717) is 11.4 Å². The van der Waals surface area contributed by atoms with Crippen molar-refractivity contribution in [1.82, 2.24) is 10.2 Å². The molecule has 9 nitrogen and oxygen atoms in total. The Kier molecular flexibility index (Phi) is 9.86. The number of carboxylic acids is 1. The monoisotopic (exact) mass is 557 g/mol. The number of rotatable bonds is 11. The van der Waals surface area contributed by atoms with Gasteiger partial charge in [-0.3, -0.25) is 9.59 Å². The number of aliphatic carboxylic acids is 1. The second-order valence-electron chi connectivity index (χ2n) is 9.14. The first-order valence-electron chi connectivity index (χ1n) is 12.4. The SMILES string of the molecule is Cc1nnc(SC[C@@H]2O[C@H](c3cccc(NC(=O)CCCC(=O)O)c3)O[C@H](c3ccc(CO)cc3)[C@@H]2C)s1. The molecule has 0 saturated carbocycles. The summed E-state index contributed by atoms with van der Waals surface area (Å²) in [6.07, 6.45) is -0.721. The van der Waals surface area contributed by atoms with E-state index in [4.69, 9.17) is 14.6 Å². The maximum Gasteiger partial charge on any atom is 0.303 e. The van der Waals surface area contributed by atoms with Crippen LogP contribution >= 0.6 is 23.1 Å². The Hall–Kier alpha value is -2.83. The van der Waals surface area contributed by atoms with Gasteiger partial charge in [-0.15, -0.1) is 10.2 Å². The third kappa shape index (κ3) is 7.61. The van der Waals surface area contributed by atoms with E-state index in [1.54, 1.807) is 29.2 Å². The summed E-state index contributed by atoms with van der Waals surface area (Å²) in [5, 5.41) is 30.3. The van der Waals surface area contributed by atoms with Gasteiger partial charge in [0.25, 0.3) is 0 Å². The van der Waals surface area contributed by atoms with Gasteiger partial charge in [0.15, 0.2) is 10.6 Å². The number of nitrogens with zero attached hydrogens (tertiary/aromatic N) is 2. The lowest BCUT2D eigenvalue weighted by molar-refractivity contribution is -0.268. The number of nitrogens with one attached hydrogen (secondary N) is 1. The number of carbonyl (C=O) groups excluding carboxylic acids is 1. The topological polar surface area (TPSA) is 131 Å². The largest absolute Gasteiger partial charge is 0.481 e. The lowest BCUT2D eigenvalue weighted by Gasteiger charge is -2.41. The number of thioether (sulfide) groups is 1. The van der Waals surface area contributed by atoms with Gasteiger partial charge in [-0.2, -0.15) is 0 Å². The standard InChI is InChI=1S/C27H31N3O6S2/c1-16-22(15-37-27-30-29-17(2)38-27)35-26(36-25(16)19-11-9-18(14-31)10-12-19)20-5-3-6-21(13-20)28-23(32)7-4-8-24(33)34/h3,5-6,9-13,16,22,25-26,31H,4,7-8,14-15H2,1-2H3,(H,28,32)(H,33,34)/t16-,22+,25+,26+/m1/s1. The molecule has 0 aliphatic carbocycles. The maximum absolute atomic E-state index is 12.3. The number of hydrogen-bond donors (Lipinski definition) is 3. The average Bonchev–Trinajstić information content (AvgIpc) is 3.33. The Bertz CT molecular complexity index is 1240. The van der Waals surface area contributed by atoms with Gasteiger partial charge in [0.05, 0.1) is 18.8 Å². The van der Waals surface area contributed by atoms with Crippen LogP contribution in [-0.4, -0.2) is 44.1 Å². The predicted molar refractivity (Wildman–Crippen MR) is 145 cm³/mol. The fourth-order valence-corrected chi connectivity index (χ4v) is 6.19. The maximum atomic E-state index is 12.3. The Morgan fingerprint density at radius 3 is 2.55 bits per heavy atom.